The van der Waals surface area contributed by atoms with Crippen molar-refractivity contribution >= 4 is 40.0 Å². The maximum absolute atomic E-state index is 11.0. The van der Waals surface area contributed by atoms with Crippen LogP contribution in [0.15, 0.2) is 38.2 Å². The summed E-state index contributed by atoms with van der Waals surface area (Å²) < 4.78 is 31.1. The molecule has 1 atom stereocenters. The summed E-state index contributed by atoms with van der Waals surface area (Å²) in [5.41, 5.74) is 0.856. The van der Waals surface area contributed by atoms with Crippen LogP contribution in [0.25, 0.3) is 0 Å². The fraction of sp³-hybridized carbons (Fsp3) is 0.273. The third-order valence-electron chi connectivity index (χ3n) is 2.42. The lowest BCUT2D eigenvalue weighted by Crippen LogP contribution is -2.09. The number of thioether (sulfide) groups is 1. The van der Waals surface area contributed by atoms with Gasteiger partial charge in [-0.3, -0.25) is 4.55 Å². The molecule has 0 radical (unpaired) electrons. The maximum Gasteiger partial charge on any atom is 0.294 e. The zero-order chi connectivity index (χ0) is 13.9. The lowest BCUT2D eigenvalue weighted by atomic mass is 10.3. The van der Waals surface area contributed by atoms with Gasteiger partial charge in [-0.25, -0.2) is 0 Å². The van der Waals surface area contributed by atoms with Crippen molar-refractivity contribution in [1.82, 2.24) is 0 Å². The van der Waals surface area contributed by atoms with E-state index in [1.54, 1.807) is 25.4 Å². The van der Waals surface area contributed by atoms with Gasteiger partial charge in [0.2, 0.25) is 0 Å². The van der Waals surface area contributed by atoms with Gasteiger partial charge in [0, 0.05) is 29.4 Å². The van der Waals surface area contributed by atoms with Gasteiger partial charge in [0.15, 0.2) is 0 Å². The topological polar surface area (TPSA) is 91.1 Å². The highest BCUT2D eigenvalue weighted by Crippen LogP contribution is 2.40. The van der Waals surface area contributed by atoms with Gasteiger partial charge in [-0.05, 0) is 25.1 Å². The van der Waals surface area contributed by atoms with E-state index in [2.05, 4.69) is 15.5 Å². The van der Waals surface area contributed by atoms with E-state index in [4.69, 9.17) is 4.55 Å². The maximum atomic E-state index is 11.0. The molecule has 1 aromatic carbocycles. The molecule has 0 saturated heterocycles. The van der Waals surface area contributed by atoms with Gasteiger partial charge in [-0.15, -0.1) is 0 Å². The van der Waals surface area contributed by atoms with Crippen LogP contribution in [-0.2, 0) is 10.1 Å². The molecule has 1 aliphatic rings. The van der Waals surface area contributed by atoms with Crippen LogP contribution in [-0.4, -0.2) is 30.8 Å². The Morgan fingerprint density at radius 3 is 2.95 bits per heavy atom. The van der Waals surface area contributed by atoms with Crippen LogP contribution in [0, 0.1) is 0 Å². The van der Waals surface area contributed by atoms with Crippen molar-refractivity contribution in [3.8, 4) is 0 Å². The highest BCUT2D eigenvalue weighted by atomic mass is 32.2. The molecule has 2 N–H and O–H groups in total. The van der Waals surface area contributed by atoms with E-state index in [0.717, 1.165) is 10.6 Å². The van der Waals surface area contributed by atoms with Crippen molar-refractivity contribution in [2.45, 2.75) is 28.5 Å². The molecule has 0 aliphatic carbocycles. The molecule has 1 heterocycles. The molecular formula is C11H13N3O3S2. The number of anilines is 1. The largest absolute Gasteiger partial charge is 0.372 e. The van der Waals surface area contributed by atoms with Crippen LogP contribution in [0.3, 0.4) is 0 Å². The van der Waals surface area contributed by atoms with Crippen LogP contribution < -0.4 is 5.32 Å². The summed E-state index contributed by atoms with van der Waals surface area (Å²) in [6.45, 7) is 1.78. The van der Waals surface area contributed by atoms with Crippen molar-refractivity contribution in [2.24, 2.45) is 10.2 Å². The molecule has 0 aromatic heterocycles. The Labute approximate surface area is 115 Å². The van der Waals surface area contributed by atoms with Crippen LogP contribution >= 0.6 is 11.8 Å². The first-order valence-electron chi connectivity index (χ1n) is 5.55. The van der Waals surface area contributed by atoms with Gasteiger partial charge in [0.25, 0.3) is 10.1 Å². The average Bonchev–Trinajstić information content (AvgIpc) is 2.75. The zero-order valence-electron chi connectivity index (χ0n) is 10.1. The Balaban J connectivity index is 2.08. The second-order valence-corrected chi connectivity index (χ2v) is 6.46. The van der Waals surface area contributed by atoms with Crippen LogP contribution in [0.5, 0.6) is 0 Å². The number of nitrogens with zero attached hydrogens (tertiary/aromatic N) is 2. The van der Waals surface area contributed by atoms with E-state index in [1.165, 1.54) is 23.9 Å². The third kappa shape index (κ3) is 3.55. The SMILES string of the molecule is CC=NN=CCC1Nc2ccc(S(=O)(=O)O)cc2S1. The highest BCUT2D eigenvalue weighted by molar-refractivity contribution is 8.00. The summed E-state index contributed by atoms with van der Waals surface area (Å²) in [6, 6.07) is 4.48. The Morgan fingerprint density at radius 2 is 2.26 bits per heavy atom. The Morgan fingerprint density at radius 1 is 1.47 bits per heavy atom. The molecule has 0 amide bonds. The van der Waals surface area contributed by atoms with Crippen LogP contribution in [0.4, 0.5) is 5.69 Å². The fourth-order valence-electron chi connectivity index (χ4n) is 1.60. The van der Waals surface area contributed by atoms with E-state index in [0.29, 0.717) is 6.42 Å². The van der Waals surface area contributed by atoms with Crippen molar-refractivity contribution in [1.29, 1.82) is 0 Å². The predicted molar refractivity (Wildman–Crippen MR) is 76.8 cm³/mol. The summed E-state index contributed by atoms with van der Waals surface area (Å²) in [5, 5.41) is 10.9. The minimum atomic E-state index is -4.15. The lowest BCUT2D eigenvalue weighted by molar-refractivity contribution is 0.483. The van der Waals surface area contributed by atoms with Crippen molar-refractivity contribution in [3.63, 3.8) is 0 Å². The van der Waals surface area contributed by atoms with E-state index in [-0.39, 0.29) is 10.3 Å². The van der Waals surface area contributed by atoms with E-state index >= 15 is 0 Å². The molecule has 19 heavy (non-hydrogen) atoms. The average molecular weight is 299 g/mol. The van der Waals surface area contributed by atoms with Crippen molar-refractivity contribution in [2.75, 3.05) is 5.32 Å². The van der Waals surface area contributed by atoms with E-state index < -0.39 is 10.1 Å². The molecule has 0 saturated carbocycles. The van der Waals surface area contributed by atoms with Gasteiger partial charge in [-0.1, -0.05) is 11.8 Å². The smallest absolute Gasteiger partial charge is 0.294 e. The second-order valence-electron chi connectivity index (χ2n) is 3.79. The van der Waals surface area contributed by atoms with Crippen molar-refractivity contribution < 1.29 is 13.0 Å². The quantitative estimate of drug-likeness (QED) is 0.505. The molecule has 0 spiro atoms. The molecule has 0 fully saturated rings. The molecule has 1 aromatic rings. The monoisotopic (exact) mass is 299 g/mol. The van der Waals surface area contributed by atoms with Gasteiger partial charge in [0.05, 0.1) is 10.3 Å². The van der Waals surface area contributed by atoms with E-state index in [9.17, 15) is 8.42 Å². The van der Waals surface area contributed by atoms with Crippen molar-refractivity contribution in [3.05, 3.63) is 18.2 Å². The first kappa shape index (κ1) is 14.0. The molecule has 102 valence electrons. The number of benzene rings is 1. The molecule has 1 aliphatic heterocycles. The number of nitrogens with one attached hydrogen (secondary N) is 1. The number of fused-ring (bicyclic) bond motifs is 1. The van der Waals surface area contributed by atoms with Gasteiger partial charge in [0.1, 0.15) is 0 Å². The number of rotatable bonds is 4. The molecule has 8 heteroatoms. The Bertz CT molecular complexity index is 626. The minimum Gasteiger partial charge on any atom is -0.372 e. The summed E-state index contributed by atoms with van der Waals surface area (Å²) in [5.74, 6) is 0. The normalized spacial score (nSPS) is 18.9. The predicted octanol–water partition coefficient (Wildman–Crippen LogP) is 2.24. The standard InChI is InChI=1S/C11H13N3O3S2/c1-2-12-13-6-5-11-14-9-4-3-8(19(15,16)17)7-10(9)18-11/h2-4,6-7,11,14H,5H2,1H3,(H,15,16,17). The first-order chi connectivity index (χ1) is 9.00. The number of hydrogen-bond acceptors (Lipinski definition) is 6. The van der Waals surface area contributed by atoms with Gasteiger partial charge < -0.3 is 5.32 Å². The Kier molecular flexibility index (Phi) is 4.23. The second kappa shape index (κ2) is 5.72. The molecule has 2 rings (SSSR count). The summed E-state index contributed by atoms with van der Waals surface area (Å²) in [6.07, 6.45) is 3.96. The summed E-state index contributed by atoms with van der Waals surface area (Å²) >= 11 is 1.49. The Hall–Kier alpha value is -1.38. The fourth-order valence-corrected chi connectivity index (χ4v) is 3.30. The first-order valence-corrected chi connectivity index (χ1v) is 7.87. The van der Waals surface area contributed by atoms with Gasteiger partial charge in [-0.2, -0.15) is 18.6 Å². The summed E-state index contributed by atoms with van der Waals surface area (Å²) in [4.78, 5) is 0.706. The molecular weight excluding hydrogens is 286 g/mol. The molecule has 6 nitrogen and oxygen atoms in total. The third-order valence-corrected chi connectivity index (χ3v) is 4.46. The van der Waals surface area contributed by atoms with Crippen LogP contribution in [0.2, 0.25) is 0 Å². The van der Waals surface area contributed by atoms with Gasteiger partial charge >= 0.3 is 0 Å². The summed E-state index contributed by atoms with van der Waals surface area (Å²) in [7, 11) is -4.15. The lowest BCUT2D eigenvalue weighted by Gasteiger charge is -2.05. The molecule has 1 unspecified atom stereocenters. The van der Waals surface area contributed by atoms with Crippen LogP contribution in [0.1, 0.15) is 13.3 Å². The highest BCUT2D eigenvalue weighted by Gasteiger charge is 2.22. The zero-order valence-corrected chi connectivity index (χ0v) is 11.8. The number of hydrogen-bond donors (Lipinski definition) is 2. The molecule has 0 bridgehead atoms. The van der Waals surface area contributed by atoms with E-state index in [1.807, 2.05) is 0 Å². The minimum absolute atomic E-state index is 0.0856.